The lowest BCUT2D eigenvalue weighted by atomic mass is 10.2. The standard InChI is InChI=1S/C27H21NO2S/c1-24-18-20-27(21-19-24)31(29,30)28(23-11-17-26-14-7-3-8-15-26)22-10-4-9-16-25-12-5-2-6-13-25/h2-3,5-8,12-15,18-21H,22-23H2,1H3. The van der Waals surface area contributed by atoms with Crippen molar-refractivity contribution in [2.24, 2.45) is 0 Å². The van der Waals surface area contributed by atoms with E-state index in [1.54, 1.807) is 24.3 Å². The van der Waals surface area contributed by atoms with Crippen LogP contribution in [0.2, 0.25) is 0 Å². The molecule has 0 amide bonds. The lowest BCUT2D eigenvalue weighted by molar-refractivity contribution is 0.482. The van der Waals surface area contributed by atoms with Gasteiger partial charge in [0.1, 0.15) is 0 Å². The van der Waals surface area contributed by atoms with Crippen molar-refractivity contribution in [3.05, 3.63) is 102 Å². The molecule has 0 saturated heterocycles. The molecule has 0 aliphatic rings. The number of nitrogens with zero attached hydrogens (tertiary/aromatic N) is 1. The first kappa shape index (κ1) is 21.9. The summed E-state index contributed by atoms with van der Waals surface area (Å²) in [5, 5.41) is 0. The Bertz CT molecular complexity index is 1290. The van der Waals surface area contributed by atoms with Crippen molar-refractivity contribution < 1.29 is 8.42 Å². The Morgan fingerprint density at radius 3 is 1.84 bits per heavy atom. The molecule has 0 radical (unpaired) electrons. The summed E-state index contributed by atoms with van der Waals surface area (Å²) in [5.74, 6) is 17.2. The van der Waals surface area contributed by atoms with Crippen LogP contribution >= 0.6 is 0 Å². The third-order valence-corrected chi connectivity index (χ3v) is 6.11. The highest BCUT2D eigenvalue weighted by atomic mass is 32.2. The second-order valence-corrected chi connectivity index (χ2v) is 8.61. The largest absolute Gasteiger partial charge is 0.244 e. The second-order valence-electron chi connectivity index (χ2n) is 6.67. The van der Waals surface area contributed by atoms with Crippen molar-refractivity contribution >= 4 is 10.0 Å². The number of aryl methyl sites for hydroxylation is 1. The molecule has 0 aliphatic heterocycles. The monoisotopic (exact) mass is 423 g/mol. The van der Waals surface area contributed by atoms with Gasteiger partial charge in [-0.05, 0) is 55.2 Å². The molecule has 3 rings (SSSR count). The fourth-order valence-corrected chi connectivity index (χ4v) is 3.88. The lowest BCUT2D eigenvalue weighted by Gasteiger charge is -2.17. The van der Waals surface area contributed by atoms with E-state index in [9.17, 15) is 8.42 Å². The zero-order valence-electron chi connectivity index (χ0n) is 17.2. The van der Waals surface area contributed by atoms with Crippen molar-refractivity contribution in [3.8, 4) is 35.5 Å². The van der Waals surface area contributed by atoms with E-state index in [0.29, 0.717) is 0 Å². The topological polar surface area (TPSA) is 37.4 Å². The Kier molecular flexibility index (Phi) is 7.69. The molecule has 0 heterocycles. The van der Waals surface area contributed by atoms with Crippen LogP contribution < -0.4 is 0 Å². The third-order valence-electron chi connectivity index (χ3n) is 4.31. The third kappa shape index (κ3) is 6.63. The normalized spacial score (nSPS) is 10.1. The van der Waals surface area contributed by atoms with E-state index in [0.717, 1.165) is 16.7 Å². The maximum Gasteiger partial charge on any atom is 0.244 e. The molecule has 31 heavy (non-hydrogen) atoms. The molecule has 0 fully saturated rings. The van der Waals surface area contributed by atoms with Gasteiger partial charge in [-0.3, -0.25) is 0 Å². The van der Waals surface area contributed by atoms with Crippen molar-refractivity contribution in [2.75, 3.05) is 13.1 Å². The summed E-state index contributed by atoms with van der Waals surface area (Å²) in [6.07, 6.45) is 0. The summed E-state index contributed by atoms with van der Waals surface area (Å²) in [5.41, 5.74) is 2.68. The maximum atomic E-state index is 13.1. The fraction of sp³-hybridized carbons (Fsp3) is 0.111. The quantitative estimate of drug-likeness (QED) is 0.593. The van der Waals surface area contributed by atoms with Crippen molar-refractivity contribution in [3.63, 3.8) is 0 Å². The minimum atomic E-state index is -3.73. The van der Waals surface area contributed by atoms with E-state index in [-0.39, 0.29) is 18.0 Å². The average molecular weight is 424 g/mol. The molecule has 0 saturated carbocycles. The van der Waals surface area contributed by atoms with Crippen LogP contribution in [0.4, 0.5) is 0 Å². The number of hydrogen-bond donors (Lipinski definition) is 0. The van der Waals surface area contributed by atoms with Crippen LogP contribution in [-0.4, -0.2) is 25.8 Å². The first-order chi connectivity index (χ1) is 15.1. The summed E-state index contributed by atoms with van der Waals surface area (Å²) >= 11 is 0. The van der Waals surface area contributed by atoms with Crippen LogP contribution in [0.3, 0.4) is 0 Å². The van der Waals surface area contributed by atoms with E-state index < -0.39 is 10.0 Å². The zero-order valence-corrected chi connectivity index (χ0v) is 18.0. The average Bonchev–Trinajstić information content (AvgIpc) is 2.79. The van der Waals surface area contributed by atoms with E-state index in [1.165, 1.54) is 4.31 Å². The van der Waals surface area contributed by atoms with Gasteiger partial charge < -0.3 is 0 Å². The van der Waals surface area contributed by atoms with Gasteiger partial charge in [0, 0.05) is 11.1 Å². The summed E-state index contributed by atoms with van der Waals surface area (Å²) in [4.78, 5) is 0.219. The van der Waals surface area contributed by atoms with Gasteiger partial charge in [-0.25, -0.2) is 8.42 Å². The van der Waals surface area contributed by atoms with Crippen molar-refractivity contribution in [1.29, 1.82) is 0 Å². The molecule has 0 unspecified atom stereocenters. The molecule has 4 heteroatoms. The highest BCUT2D eigenvalue weighted by Gasteiger charge is 2.22. The van der Waals surface area contributed by atoms with Gasteiger partial charge in [-0.2, -0.15) is 4.31 Å². The van der Waals surface area contributed by atoms with Crippen LogP contribution in [0.25, 0.3) is 0 Å². The molecule has 0 bridgehead atoms. The number of rotatable bonds is 4. The predicted octanol–water partition coefficient (Wildman–Crippen LogP) is 4.09. The van der Waals surface area contributed by atoms with Crippen LogP contribution in [0.15, 0.2) is 89.8 Å². The minimum absolute atomic E-state index is 0.00312. The Hall–Kier alpha value is -3.75. The minimum Gasteiger partial charge on any atom is -0.207 e. The van der Waals surface area contributed by atoms with Crippen LogP contribution in [-0.2, 0) is 10.0 Å². The smallest absolute Gasteiger partial charge is 0.207 e. The molecule has 0 aliphatic carbocycles. The molecule has 0 aromatic heterocycles. The van der Waals surface area contributed by atoms with Gasteiger partial charge in [-0.15, -0.1) is 0 Å². The summed E-state index contributed by atoms with van der Waals surface area (Å²) < 4.78 is 27.5. The summed E-state index contributed by atoms with van der Waals surface area (Å²) in [7, 11) is -3.73. The number of hydrogen-bond acceptors (Lipinski definition) is 2. The molecule has 0 N–H and O–H groups in total. The van der Waals surface area contributed by atoms with Gasteiger partial charge in [0.25, 0.3) is 0 Å². The number of sulfonamides is 1. The van der Waals surface area contributed by atoms with E-state index in [4.69, 9.17) is 0 Å². The first-order valence-electron chi connectivity index (χ1n) is 9.70. The summed E-state index contributed by atoms with van der Waals surface area (Å²) in [6.45, 7) is 1.95. The van der Waals surface area contributed by atoms with Crippen molar-refractivity contribution in [2.45, 2.75) is 11.8 Å². The molecular weight excluding hydrogens is 402 g/mol. The van der Waals surface area contributed by atoms with Crippen LogP contribution in [0, 0.1) is 42.4 Å². The predicted molar refractivity (Wildman–Crippen MR) is 124 cm³/mol. The molecular formula is C27H21NO2S. The Labute approximate surface area is 184 Å². The first-order valence-corrected chi connectivity index (χ1v) is 11.1. The maximum absolute atomic E-state index is 13.1. The van der Waals surface area contributed by atoms with Gasteiger partial charge in [-0.1, -0.05) is 77.8 Å². The molecule has 3 aromatic carbocycles. The molecule has 3 nitrogen and oxygen atoms in total. The highest BCUT2D eigenvalue weighted by molar-refractivity contribution is 7.89. The lowest BCUT2D eigenvalue weighted by Crippen LogP contribution is -2.32. The van der Waals surface area contributed by atoms with Gasteiger partial charge in [0.15, 0.2) is 0 Å². The molecule has 152 valence electrons. The zero-order chi connectivity index (χ0) is 21.9. The molecule has 0 spiro atoms. The summed E-state index contributed by atoms with van der Waals surface area (Å²) in [6, 6.07) is 25.7. The van der Waals surface area contributed by atoms with Gasteiger partial charge >= 0.3 is 0 Å². The van der Waals surface area contributed by atoms with Crippen molar-refractivity contribution in [1.82, 2.24) is 4.31 Å². The molecule has 0 atom stereocenters. The Morgan fingerprint density at radius 2 is 1.23 bits per heavy atom. The second kappa shape index (κ2) is 10.9. The SMILES string of the molecule is Cc1ccc(S(=O)(=O)N(CC#CC#Cc2ccccc2)CC#Cc2ccccc2)cc1. The van der Waals surface area contributed by atoms with E-state index in [1.807, 2.05) is 67.6 Å². The van der Waals surface area contributed by atoms with Gasteiger partial charge in [0.2, 0.25) is 10.0 Å². The van der Waals surface area contributed by atoms with E-state index in [2.05, 4.69) is 35.5 Å². The fourth-order valence-electron chi connectivity index (χ4n) is 2.63. The Balaban J connectivity index is 1.81. The molecule has 3 aromatic rings. The van der Waals surface area contributed by atoms with Gasteiger partial charge in [0.05, 0.1) is 18.0 Å². The van der Waals surface area contributed by atoms with Crippen LogP contribution in [0.1, 0.15) is 16.7 Å². The van der Waals surface area contributed by atoms with E-state index >= 15 is 0 Å². The highest BCUT2D eigenvalue weighted by Crippen LogP contribution is 2.15. The van der Waals surface area contributed by atoms with Crippen LogP contribution in [0.5, 0.6) is 0 Å². The Morgan fingerprint density at radius 1 is 0.677 bits per heavy atom. The number of benzene rings is 3.